The van der Waals surface area contributed by atoms with Crippen molar-refractivity contribution >= 4 is 43.7 Å². The summed E-state index contributed by atoms with van der Waals surface area (Å²) in [6, 6.07) is 26.9. The summed E-state index contributed by atoms with van der Waals surface area (Å²) in [5, 5.41) is 11.8. The Kier molecular flexibility index (Phi) is 10.3. The lowest BCUT2D eigenvalue weighted by molar-refractivity contribution is -0.138. The van der Waals surface area contributed by atoms with Crippen LogP contribution in [0.1, 0.15) is 40.3 Å². The van der Waals surface area contributed by atoms with Gasteiger partial charge >= 0.3 is 6.18 Å². The molecule has 6 nitrogen and oxygen atoms in total. The fraction of sp³-hybridized carbons (Fsp3) is 0.235. The van der Waals surface area contributed by atoms with E-state index in [2.05, 4.69) is 37.2 Å². The first kappa shape index (κ1) is 32.7. The number of hydrogen-bond donors (Lipinski definition) is 2. The van der Waals surface area contributed by atoms with Crippen LogP contribution in [0.3, 0.4) is 0 Å². The Bertz CT molecular complexity index is 1660. The Balaban J connectivity index is 1.57. The average molecular weight is 746 g/mol. The molecule has 1 aliphatic rings. The van der Waals surface area contributed by atoms with Crippen LogP contribution in [0.4, 0.5) is 13.2 Å². The van der Waals surface area contributed by atoms with Gasteiger partial charge in [-0.2, -0.15) is 13.2 Å². The van der Waals surface area contributed by atoms with E-state index in [1.165, 1.54) is 18.2 Å². The minimum atomic E-state index is -4.58. The molecule has 5 rings (SSSR count). The monoisotopic (exact) mass is 744 g/mol. The van der Waals surface area contributed by atoms with Crippen molar-refractivity contribution in [1.82, 2.24) is 5.32 Å². The first-order valence-corrected chi connectivity index (χ1v) is 15.7. The van der Waals surface area contributed by atoms with Gasteiger partial charge in [0.05, 0.1) is 12.2 Å². The molecule has 0 fully saturated rings. The van der Waals surface area contributed by atoms with E-state index in [9.17, 15) is 18.0 Å². The molecule has 0 radical (unpaired) electrons. The summed E-state index contributed by atoms with van der Waals surface area (Å²) in [6.45, 7) is 0.0132. The number of hydrogen-bond acceptors (Lipinski definition) is 5. The predicted octanol–water partition coefficient (Wildman–Crippen LogP) is 7.81. The number of aliphatic hydroxyl groups is 1. The van der Waals surface area contributed by atoms with Crippen molar-refractivity contribution < 1.29 is 32.5 Å². The lowest BCUT2D eigenvalue weighted by Crippen LogP contribution is -2.49. The second-order valence-corrected chi connectivity index (χ2v) is 12.2. The Labute approximate surface area is 275 Å². The van der Waals surface area contributed by atoms with Crippen molar-refractivity contribution in [2.24, 2.45) is 4.99 Å². The lowest BCUT2D eigenvalue weighted by Gasteiger charge is -2.31. The molecule has 1 amide bonds. The zero-order chi connectivity index (χ0) is 32.0. The number of amides is 1. The highest BCUT2D eigenvalue weighted by atomic mass is 79.9. The van der Waals surface area contributed by atoms with Gasteiger partial charge in [-0.1, -0.05) is 80.4 Å². The zero-order valence-corrected chi connectivity index (χ0v) is 27.0. The Morgan fingerprint density at radius 1 is 0.933 bits per heavy atom. The molecule has 1 heterocycles. The third-order valence-electron chi connectivity index (χ3n) is 7.38. The van der Waals surface area contributed by atoms with Gasteiger partial charge in [-0.15, -0.1) is 0 Å². The van der Waals surface area contributed by atoms with E-state index < -0.39 is 29.3 Å². The summed E-state index contributed by atoms with van der Waals surface area (Å²) in [7, 11) is 0. The van der Waals surface area contributed by atoms with Crippen molar-refractivity contribution in [3.63, 3.8) is 0 Å². The molecule has 2 N–H and O–H groups in total. The van der Waals surface area contributed by atoms with Crippen LogP contribution < -0.4 is 10.1 Å². The summed E-state index contributed by atoms with van der Waals surface area (Å²) < 4.78 is 55.0. The van der Waals surface area contributed by atoms with Crippen molar-refractivity contribution in [1.29, 1.82) is 0 Å². The SMILES string of the molecule is O=C(NCc1ccccc1C(F)(F)F)[C@]1(Cc2ccccc2Br)N=C(c2ccc(OCCCO)cc2)O[C@@H]1c1ccc(Br)cc1. The van der Waals surface area contributed by atoms with Crippen molar-refractivity contribution in [2.45, 2.75) is 37.2 Å². The molecular weight excluding hydrogens is 717 g/mol. The topological polar surface area (TPSA) is 80.2 Å². The summed E-state index contributed by atoms with van der Waals surface area (Å²) in [5.74, 6) is 0.223. The molecule has 0 saturated heterocycles. The highest BCUT2D eigenvalue weighted by Crippen LogP contribution is 2.44. The number of halogens is 5. The number of alkyl halides is 3. The highest BCUT2D eigenvalue weighted by Gasteiger charge is 2.53. The van der Waals surface area contributed by atoms with E-state index in [1.54, 1.807) is 24.3 Å². The minimum Gasteiger partial charge on any atom is -0.494 e. The van der Waals surface area contributed by atoms with Crippen LogP contribution in [0.15, 0.2) is 111 Å². The van der Waals surface area contributed by atoms with Gasteiger partial charge in [-0.05, 0) is 65.2 Å². The Morgan fingerprint density at radius 2 is 1.60 bits per heavy atom. The normalized spacial score (nSPS) is 17.8. The summed E-state index contributed by atoms with van der Waals surface area (Å²) in [5.41, 5.74) is -0.435. The maximum absolute atomic E-state index is 14.4. The molecule has 4 aromatic rings. The zero-order valence-electron chi connectivity index (χ0n) is 23.9. The first-order valence-electron chi connectivity index (χ1n) is 14.1. The number of rotatable bonds is 11. The molecule has 0 spiro atoms. The molecule has 2 atom stereocenters. The molecule has 0 saturated carbocycles. The van der Waals surface area contributed by atoms with E-state index in [1.807, 2.05) is 48.5 Å². The number of nitrogens with zero attached hydrogens (tertiary/aromatic N) is 1. The molecule has 11 heteroatoms. The molecule has 234 valence electrons. The number of aliphatic imine (C=N–C) groups is 1. The third kappa shape index (κ3) is 7.59. The molecule has 4 aromatic carbocycles. The van der Waals surface area contributed by atoms with E-state index in [-0.39, 0.29) is 31.0 Å². The average Bonchev–Trinajstić information content (AvgIpc) is 3.42. The molecular formula is C34H29Br2F3N2O4. The predicted molar refractivity (Wildman–Crippen MR) is 172 cm³/mol. The molecule has 0 aromatic heterocycles. The first-order chi connectivity index (χ1) is 21.6. The maximum Gasteiger partial charge on any atom is 0.416 e. The Hall–Kier alpha value is -3.67. The van der Waals surface area contributed by atoms with Crippen LogP contribution in [0.5, 0.6) is 5.75 Å². The van der Waals surface area contributed by atoms with Crippen LogP contribution in [-0.2, 0) is 28.7 Å². The van der Waals surface area contributed by atoms with Crippen LogP contribution >= 0.6 is 31.9 Å². The largest absolute Gasteiger partial charge is 0.494 e. The summed E-state index contributed by atoms with van der Waals surface area (Å²) in [6.07, 6.45) is -4.91. The second-order valence-electron chi connectivity index (χ2n) is 10.4. The molecule has 1 aliphatic heterocycles. The minimum absolute atomic E-state index is 0.0175. The number of nitrogens with one attached hydrogen (secondary N) is 1. The van der Waals surface area contributed by atoms with Gasteiger partial charge in [-0.25, -0.2) is 4.99 Å². The van der Waals surface area contributed by atoms with Crippen LogP contribution in [-0.4, -0.2) is 35.7 Å². The number of carbonyl (C=O) groups is 1. The summed E-state index contributed by atoms with van der Waals surface area (Å²) in [4.78, 5) is 19.3. The van der Waals surface area contributed by atoms with E-state index in [0.717, 1.165) is 20.6 Å². The van der Waals surface area contributed by atoms with Gasteiger partial charge in [-0.3, -0.25) is 4.79 Å². The van der Waals surface area contributed by atoms with Gasteiger partial charge in [0.15, 0.2) is 11.6 Å². The van der Waals surface area contributed by atoms with Gasteiger partial charge in [0.25, 0.3) is 5.91 Å². The lowest BCUT2D eigenvalue weighted by atomic mass is 9.82. The third-order valence-corrected chi connectivity index (χ3v) is 8.68. The van der Waals surface area contributed by atoms with Crippen molar-refractivity contribution in [3.05, 3.63) is 134 Å². The fourth-order valence-electron chi connectivity index (χ4n) is 5.13. The van der Waals surface area contributed by atoms with Crippen LogP contribution in [0.25, 0.3) is 0 Å². The van der Waals surface area contributed by atoms with E-state index >= 15 is 0 Å². The number of aliphatic hydroxyl groups excluding tert-OH is 1. The smallest absolute Gasteiger partial charge is 0.416 e. The molecule has 45 heavy (non-hydrogen) atoms. The Morgan fingerprint density at radius 3 is 2.27 bits per heavy atom. The van der Waals surface area contributed by atoms with Gasteiger partial charge in [0, 0.05) is 40.5 Å². The molecule has 0 bridgehead atoms. The number of ether oxygens (including phenoxy) is 2. The van der Waals surface area contributed by atoms with E-state index in [0.29, 0.717) is 29.9 Å². The molecule has 0 unspecified atom stereocenters. The van der Waals surface area contributed by atoms with E-state index in [4.69, 9.17) is 19.6 Å². The van der Waals surface area contributed by atoms with Crippen molar-refractivity contribution in [3.8, 4) is 5.75 Å². The second kappa shape index (κ2) is 14.2. The van der Waals surface area contributed by atoms with Crippen LogP contribution in [0, 0.1) is 0 Å². The highest BCUT2D eigenvalue weighted by molar-refractivity contribution is 9.10. The van der Waals surface area contributed by atoms with Crippen molar-refractivity contribution in [2.75, 3.05) is 13.2 Å². The standard InChI is InChI=1S/C34H29Br2F3N2O4/c35-26-14-10-22(11-15-26)30-33(20-24-6-2-4-9-29(24)36,32(43)40-21-25-7-1-3-8-28(25)34(37,38)39)41-31(45-30)23-12-16-27(17-13-23)44-19-5-18-42/h1-4,6-17,30,42H,5,18-21H2,(H,40,43)/t30-,33-/m1/s1. The summed E-state index contributed by atoms with van der Waals surface area (Å²) >= 11 is 7.04. The van der Waals surface area contributed by atoms with Crippen LogP contribution in [0.2, 0.25) is 0 Å². The van der Waals surface area contributed by atoms with Gasteiger partial charge < -0.3 is 19.9 Å². The van der Waals surface area contributed by atoms with Gasteiger partial charge in [0.1, 0.15) is 5.75 Å². The number of benzene rings is 4. The maximum atomic E-state index is 14.4. The number of carbonyl (C=O) groups excluding carboxylic acids is 1. The quantitative estimate of drug-likeness (QED) is 0.154. The molecule has 0 aliphatic carbocycles. The van der Waals surface area contributed by atoms with Gasteiger partial charge in [0.2, 0.25) is 5.90 Å². The fourth-order valence-corrected chi connectivity index (χ4v) is 5.82.